The van der Waals surface area contributed by atoms with E-state index in [0.717, 1.165) is 17.2 Å². The number of fused-ring (bicyclic) bond motifs is 1. The maximum Gasteiger partial charge on any atom is 0.488 e. The van der Waals surface area contributed by atoms with E-state index in [-0.39, 0.29) is 0 Å². The molecule has 0 saturated heterocycles. The second kappa shape index (κ2) is 4.52. The van der Waals surface area contributed by atoms with Gasteiger partial charge < -0.3 is 10.0 Å². The van der Waals surface area contributed by atoms with E-state index in [1.807, 2.05) is 24.3 Å². The molecule has 0 aliphatic rings. The SMILES string of the molecule is C=CCc1ccc2cc(B(O)O)ccc2c1. The summed E-state index contributed by atoms with van der Waals surface area (Å²) in [4.78, 5) is 0. The Morgan fingerprint density at radius 3 is 2.44 bits per heavy atom. The van der Waals surface area contributed by atoms with Crippen molar-refractivity contribution in [1.82, 2.24) is 0 Å². The first-order valence-electron chi connectivity index (χ1n) is 5.20. The highest BCUT2D eigenvalue weighted by Gasteiger charge is 2.10. The van der Waals surface area contributed by atoms with Gasteiger partial charge >= 0.3 is 7.12 Å². The molecular formula is C13H13BO2. The van der Waals surface area contributed by atoms with Crippen molar-refractivity contribution in [2.45, 2.75) is 6.42 Å². The molecule has 80 valence electrons. The summed E-state index contributed by atoms with van der Waals surface area (Å²) in [5.41, 5.74) is 1.73. The van der Waals surface area contributed by atoms with E-state index in [9.17, 15) is 0 Å². The van der Waals surface area contributed by atoms with Crippen LogP contribution in [0.15, 0.2) is 49.1 Å². The highest BCUT2D eigenvalue weighted by atomic mass is 16.4. The third-order valence-electron chi connectivity index (χ3n) is 2.61. The highest BCUT2D eigenvalue weighted by molar-refractivity contribution is 6.58. The van der Waals surface area contributed by atoms with E-state index in [2.05, 4.69) is 12.6 Å². The van der Waals surface area contributed by atoms with Crippen molar-refractivity contribution >= 4 is 23.4 Å². The van der Waals surface area contributed by atoms with Crippen molar-refractivity contribution in [1.29, 1.82) is 0 Å². The van der Waals surface area contributed by atoms with Crippen molar-refractivity contribution in [2.24, 2.45) is 0 Å². The van der Waals surface area contributed by atoms with E-state index in [0.29, 0.717) is 5.46 Å². The lowest BCUT2D eigenvalue weighted by Gasteiger charge is -2.04. The summed E-state index contributed by atoms with van der Waals surface area (Å²) < 4.78 is 0. The Hall–Kier alpha value is -1.58. The molecule has 2 aromatic carbocycles. The Balaban J connectivity index is 2.48. The largest absolute Gasteiger partial charge is 0.488 e. The van der Waals surface area contributed by atoms with Crippen LogP contribution in [0.25, 0.3) is 10.8 Å². The molecule has 0 aliphatic heterocycles. The Kier molecular flexibility index (Phi) is 3.08. The molecule has 0 spiro atoms. The zero-order valence-electron chi connectivity index (χ0n) is 8.93. The first kappa shape index (κ1) is 10.9. The number of allylic oxidation sites excluding steroid dienone is 1. The van der Waals surface area contributed by atoms with Crippen LogP contribution >= 0.6 is 0 Å². The van der Waals surface area contributed by atoms with Gasteiger partial charge in [0.1, 0.15) is 0 Å². The van der Waals surface area contributed by atoms with Crippen LogP contribution in [0.2, 0.25) is 0 Å². The van der Waals surface area contributed by atoms with Gasteiger partial charge in [-0.15, -0.1) is 6.58 Å². The van der Waals surface area contributed by atoms with Gasteiger partial charge in [0.15, 0.2) is 0 Å². The van der Waals surface area contributed by atoms with Crippen LogP contribution < -0.4 is 5.46 Å². The molecule has 0 aromatic heterocycles. The van der Waals surface area contributed by atoms with Crippen LogP contribution in [0.3, 0.4) is 0 Å². The smallest absolute Gasteiger partial charge is 0.423 e. The molecule has 0 radical (unpaired) electrons. The van der Waals surface area contributed by atoms with Crippen LogP contribution in [0.5, 0.6) is 0 Å². The van der Waals surface area contributed by atoms with E-state index < -0.39 is 7.12 Å². The van der Waals surface area contributed by atoms with E-state index in [4.69, 9.17) is 10.0 Å². The first-order chi connectivity index (χ1) is 7.70. The number of benzene rings is 2. The standard InChI is InChI=1S/C13H13BO2/c1-2-3-10-4-5-12-9-13(14(15)16)7-6-11(12)8-10/h2,4-9,15-16H,1,3H2. The van der Waals surface area contributed by atoms with Crippen LogP contribution in [0, 0.1) is 0 Å². The molecule has 0 aliphatic carbocycles. The van der Waals surface area contributed by atoms with Gasteiger partial charge in [0, 0.05) is 0 Å². The fourth-order valence-electron chi connectivity index (χ4n) is 1.77. The summed E-state index contributed by atoms with van der Waals surface area (Å²) in [6, 6.07) is 11.5. The van der Waals surface area contributed by atoms with Gasteiger partial charge in [0.05, 0.1) is 0 Å². The summed E-state index contributed by atoms with van der Waals surface area (Å²) >= 11 is 0. The molecule has 0 unspecified atom stereocenters. The average molecular weight is 212 g/mol. The molecule has 0 bridgehead atoms. The van der Waals surface area contributed by atoms with Crippen molar-refractivity contribution in [3.63, 3.8) is 0 Å². The zero-order chi connectivity index (χ0) is 11.5. The monoisotopic (exact) mass is 212 g/mol. The number of hydrogen-bond donors (Lipinski definition) is 2. The van der Waals surface area contributed by atoms with Crippen LogP contribution in [0.1, 0.15) is 5.56 Å². The van der Waals surface area contributed by atoms with E-state index in [1.165, 1.54) is 5.56 Å². The molecule has 2 rings (SSSR count). The lowest BCUT2D eigenvalue weighted by Crippen LogP contribution is -2.29. The van der Waals surface area contributed by atoms with Gasteiger partial charge in [-0.25, -0.2) is 0 Å². The molecule has 0 saturated carbocycles. The minimum absolute atomic E-state index is 0.518. The second-order valence-corrected chi connectivity index (χ2v) is 3.81. The topological polar surface area (TPSA) is 40.5 Å². The van der Waals surface area contributed by atoms with Crippen LogP contribution in [-0.4, -0.2) is 17.2 Å². The molecule has 2 N–H and O–H groups in total. The predicted octanol–water partition coefficient (Wildman–Crippen LogP) is 1.25. The van der Waals surface area contributed by atoms with Crippen molar-refractivity contribution < 1.29 is 10.0 Å². The van der Waals surface area contributed by atoms with Crippen molar-refractivity contribution in [3.8, 4) is 0 Å². The van der Waals surface area contributed by atoms with Gasteiger partial charge in [-0.2, -0.15) is 0 Å². The number of hydrogen-bond acceptors (Lipinski definition) is 2. The zero-order valence-corrected chi connectivity index (χ0v) is 8.93. The van der Waals surface area contributed by atoms with E-state index in [1.54, 1.807) is 12.1 Å². The summed E-state index contributed by atoms with van der Waals surface area (Å²) in [7, 11) is -1.41. The third kappa shape index (κ3) is 2.16. The van der Waals surface area contributed by atoms with Gasteiger partial charge in [0.25, 0.3) is 0 Å². The lowest BCUT2D eigenvalue weighted by atomic mass is 9.79. The number of rotatable bonds is 3. The average Bonchev–Trinajstić information content (AvgIpc) is 2.28. The molecule has 0 fully saturated rings. The first-order valence-corrected chi connectivity index (χ1v) is 5.20. The van der Waals surface area contributed by atoms with Gasteiger partial charge in [0.2, 0.25) is 0 Å². The Labute approximate surface area is 95.0 Å². The van der Waals surface area contributed by atoms with Gasteiger partial charge in [-0.05, 0) is 28.2 Å². The second-order valence-electron chi connectivity index (χ2n) is 3.81. The summed E-state index contributed by atoms with van der Waals surface area (Å²) in [6.07, 6.45) is 2.72. The van der Waals surface area contributed by atoms with Crippen LogP contribution in [0.4, 0.5) is 0 Å². The minimum Gasteiger partial charge on any atom is -0.423 e. The van der Waals surface area contributed by atoms with Gasteiger partial charge in [-0.1, -0.05) is 42.5 Å². The van der Waals surface area contributed by atoms with E-state index >= 15 is 0 Å². The molecule has 2 aromatic rings. The van der Waals surface area contributed by atoms with Crippen molar-refractivity contribution in [2.75, 3.05) is 0 Å². The summed E-state index contributed by atoms with van der Waals surface area (Å²) in [5, 5.41) is 20.2. The normalized spacial score (nSPS) is 10.4. The fraction of sp³-hybridized carbons (Fsp3) is 0.0769. The predicted molar refractivity (Wildman–Crippen MR) is 67.7 cm³/mol. The minimum atomic E-state index is -1.41. The van der Waals surface area contributed by atoms with Crippen molar-refractivity contribution in [3.05, 3.63) is 54.6 Å². The highest BCUT2D eigenvalue weighted by Crippen LogP contribution is 2.15. The fourth-order valence-corrected chi connectivity index (χ4v) is 1.77. The molecular weight excluding hydrogens is 199 g/mol. The molecule has 2 nitrogen and oxygen atoms in total. The maximum atomic E-state index is 9.06. The van der Waals surface area contributed by atoms with Crippen LogP contribution in [-0.2, 0) is 6.42 Å². The Bertz CT molecular complexity index is 520. The Morgan fingerprint density at radius 2 is 1.75 bits per heavy atom. The van der Waals surface area contributed by atoms with Gasteiger partial charge in [-0.3, -0.25) is 0 Å². The molecule has 0 heterocycles. The summed E-state index contributed by atoms with van der Waals surface area (Å²) in [5.74, 6) is 0. The molecule has 0 atom stereocenters. The summed E-state index contributed by atoms with van der Waals surface area (Å²) in [6.45, 7) is 3.71. The third-order valence-corrected chi connectivity index (χ3v) is 2.61. The maximum absolute atomic E-state index is 9.06. The molecule has 16 heavy (non-hydrogen) atoms. The quantitative estimate of drug-likeness (QED) is 0.593. The lowest BCUT2D eigenvalue weighted by molar-refractivity contribution is 0.426. The molecule has 3 heteroatoms. The Morgan fingerprint density at radius 1 is 1.06 bits per heavy atom. The molecule has 0 amide bonds.